The zero-order chi connectivity index (χ0) is 14.9. The van der Waals surface area contributed by atoms with Crippen LogP contribution >= 0.6 is 11.6 Å². The second-order valence-corrected chi connectivity index (χ2v) is 5.24. The van der Waals surface area contributed by atoms with E-state index in [1.54, 1.807) is 6.92 Å². The lowest BCUT2D eigenvalue weighted by Gasteiger charge is -2.35. The molecule has 1 aliphatic heterocycles. The summed E-state index contributed by atoms with van der Waals surface area (Å²) in [6, 6.07) is -1.13. The van der Waals surface area contributed by atoms with Gasteiger partial charge >= 0.3 is 0 Å². The molecular formula is C13H15ClF2N2O2. The zero-order valence-corrected chi connectivity index (χ0v) is 11.7. The van der Waals surface area contributed by atoms with Gasteiger partial charge < -0.3 is 9.88 Å². The van der Waals surface area contributed by atoms with E-state index < -0.39 is 23.8 Å². The van der Waals surface area contributed by atoms with Crippen LogP contribution in [0.25, 0.3) is 0 Å². The Morgan fingerprint density at radius 1 is 1.50 bits per heavy atom. The number of aromatic amines is 1. The van der Waals surface area contributed by atoms with E-state index in [4.69, 9.17) is 11.6 Å². The number of alkyl halides is 2. The van der Waals surface area contributed by atoms with Crippen LogP contribution in [-0.4, -0.2) is 34.8 Å². The molecule has 0 radical (unpaired) electrons. The van der Waals surface area contributed by atoms with Gasteiger partial charge in [-0.05, 0) is 26.2 Å². The molecule has 1 aromatic rings. The van der Waals surface area contributed by atoms with Gasteiger partial charge in [0.2, 0.25) is 5.43 Å². The van der Waals surface area contributed by atoms with E-state index >= 15 is 0 Å². The van der Waals surface area contributed by atoms with Gasteiger partial charge in [0, 0.05) is 18.4 Å². The van der Waals surface area contributed by atoms with Crippen molar-refractivity contribution in [3.8, 4) is 0 Å². The van der Waals surface area contributed by atoms with Gasteiger partial charge in [-0.1, -0.05) is 11.6 Å². The molecule has 110 valence electrons. The summed E-state index contributed by atoms with van der Waals surface area (Å²) >= 11 is 5.80. The number of piperidine rings is 1. The largest absolute Gasteiger partial charge is 0.363 e. The minimum Gasteiger partial charge on any atom is -0.363 e. The van der Waals surface area contributed by atoms with Gasteiger partial charge in [-0.25, -0.2) is 8.78 Å². The third-order valence-corrected chi connectivity index (χ3v) is 3.99. The highest BCUT2D eigenvalue weighted by Gasteiger charge is 2.34. The third kappa shape index (κ3) is 2.70. The standard InChI is InChI=1S/C13H15ClF2N2O2/c1-7-10(14)11(19)8(6-17-7)13(20)18-5-3-2-4-9(18)12(15)16/h6,9,12H,2-5H2,1H3,(H,17,19)/t9-/m0/s1. The Hall–Kier alpha value is -1.43. The lowest BCUT2D eigenvalue weighted by atomic mass is 10.0. The maximum atomic E-state index is 13.0. The molecule has 0 unspecified atom stereocenters. The first-order valence-electron chi connectivity index (χ1n) is 6.40. The second kappa shape index (κ2) is 5.91. The number of likely N-dealkylation sites (tertiary alicyclic amines) is 1. The van der Waals surface area contributed by atoms with E-state index in [9.17, 15) is 18.4 Å². The van der Waals surface area contributed by atoms with Crippen LogP contribution in [0.5, 0.6) is 0 Å². The summed E-state index contributed by atoms with van der Waals surface area (Å²) < 4.78 is 26.0. The summed E-state index contributed by atoms with van der Waals surface area (Å²) in [7, 11) is 0. The molecule has 2 rings (SSSR count). The van der Waals surface area contributed by atoms with E-state index in [1.165, 1.54) is 6.20 Å². The van der Waals surface area contributed by atoms with Crippen LogP contribution in [0.3, 0.4) is 0 Å². The predicted molar refractivity (Wildman–Crippen MR) is 71.5 cm³/mol. The molecule has 20 heavy (non-hydrogen) atoms. The molecule has 0 saturated carbocycles. The first-order valence-corrected chi connectivity index (χ1v) is 6.78. The van der Waals surface area contributed by atoms with Gasteiger partial charge in [0.05, 0.1) is 6.04 Å². The van der Waals surface area contributed by atoms with Crippen molar-refractivity contribution in [2.75, 3.05) is 6.54 Å². The van der Waals surface area contributed by atoms with Gasteiger partial charge in [-0.3, -0.25) is 9.59 Å². The minimum atomic E-state index is -2.61. The molecule has 1 aromatic heterocycles. The normalized spacial score (nSPS) is 19.4. The molecule has 0 aromatic carbocycles. The molecule has 0 aliphatic carbocycles. The summed E-state index contributed by atoms with van der Waals surface area (Å²) in [5, 5.41) is -0.0820. The van der Waals surface area contributed by atoms with E-state index in [-0.39, 0.29) is 23.6 Å². The van der Waals surface area contributed by atoms with Crippen molar-refractivity contribution in [1.29, 1.82) is 0 Å². The Balaban J connectivity index is 2.35. The number of pyridine rings is 1. The van der Waals surface area contributed by atoms with Crippen LogP contribution in [0, 0.1) is 6.92 Å². The predicted octanol–water partition coefficient (Wildman–Crippen LogP) is 2.60. The fourth-order valence-corrected chi connectivity index (χ4v) is 2.54. The average Bonchev–Trinajstić information content (AvgIpc) is 2.44. The van der Waals surface area contributed by atoms with Gasteiger partial charge in [0.25, 0.3) is 12.3 Å². The minimum absolute atomic E-state index is 0.0820. The van der Waals surface area contributed by atoms with E-state index in [0.29, 0.717) is 18.5 Å². The number of hydrogen-bond donors (Lipinski definition) is 1. The van der Waals surface area contributed by atoms with Crippen LogP contribution in [0.1, 0.15) is 35.3 Å². The molecule has 1 fully saturated rings. The number of aryl methyl sites for hydroxylation is 1. The Morgan fingerprint density at radius 3 is 2.85 bits per heavy atom. The summed E-state index contributed by atoms with van der Waals surface area (Å²) in [5.74, 6) is -0.682. The highest BCUT2D eigenvalue weighted by molar-refractivity contribution is 6.31. The summed E-state index contributed by atoms with van der Waals surface area (Å²) in [6.07, 6.45) is 0.194. The Labute approximate surface area is 119 Å². The van der Waals surface area contributed by atoms with Gasteiger partial charge in [-0.15, -0.1) is 0 Å². The molecule has 0 bridgehead atoms. The number of carbonyl (C=O) groups is 1. The Kier molecular flexibility index (Phi) is 4.42. The number of nitrogens with one attached hydrogen (secondary N) is 1. The van der Waals surface area contributed by atoms with Crippen LogP contribution in [0.15, 0.2) is 11.0 Å². The van der Waals surface area contributed by atoms with Gasteiger partial charge in [-0.2, -0.15) is 0 Å². The van der Waals surface area contributed by atoms with Crippen molar-refractivity contribution in [2.24, 2.45) is 0 Å². The third-order valence-electron chi connectivity index (χ3n) is 3.54. The van der Waals surface area contributed by atoms with E-state index in [0.717, 1.165) is 4.90 Å². The molecule has 1 saturated heterocycles. The maximum absolute atomic E-state index is 13.0. The molecule has 1 amide bonds. The van der Waals surface area contributed by atoms with Gasteiger partial charge in [0.15, 0.2) is 0 Å². The van der Waals surface area contributed by atoms with Crippen LogP contribution in [0.2, 0.25) is 5.02 Å². The van der Waals surface area contributed by atoms with Crippen molar-refractivity contribution in [1.82, 2.24) is 9.88 Å². The second-order valence-electron chi connectivity index (χ2n) is 4.87. The maximum Gasteiger partial charge on any atom is 0.259 e. The number of rotatable bonds is 2. The topological polar surface area (TPSA) is 53.2 Å². The lowest BCUT2D eigenvalue weighted by Crippen LogP contribution is -2.48. The zero-order valence-electron chi connectivity index (χ0n) is 11.0. The monoisotopic (exact) mass is 304 g/mol. The molecular weight excluding hydrogens is 290 g/mol. The number of nitrogens with zero attached hydrogens (tertiary/aromatic N) is 1. The number of halogens is 3. The number of carbonyl (C=O) groups excluding carboxylic acids is 1. The smallest absolute Gasteiger partial charge is 0.259 e. The molecule has 0 spiro atoms. The highest BCUT2D eigenvalue weighted by atomic mass is 35.5. The summed E-state index contributed by atoms with van der Waals surface area (Å²) in [6.45, 7) is 1.83. The van der Waals surface area contributed by atoms with Crippen molar-refractivity contribution in [3.05, 3.63) is 32.7 Å². The quantitative estimate of drug-likeness (QED) is 0.913. The van der Waals surface area contributed by atoms with Crippen LogP contribution < -0.4 is 5.43 Å². The molecule has 2 heterocycles. The fraction of sp³-hybridized carbons (Fsp3) is 0.538. The Morgan fingerprint density at radius 2 is 2.20 bits per heavy atom. The molecule has 1 aliphatic rings. The Bertz CT molecular complexity index is 574. The summed E-state index contributed by atoms with van der Waals surface area (Å²) in [4.78, 5) is 28.1. The van der Waals surface area contributed by atoms with E-state index in [1.807, 2.05) is 0 Å². The first kappa shape index (κ1) is 15.0. The number of H-pyrrole nitrogens is 1. The van der Waals surface area contributed by atoms with Crippen molar-refractivity contribution < 1.29 is 13.6 Å². The molecule has 7 heteroatoms. The first-order chi connectivity index (χ1) is 9.43. The van der Waals surface area contributed by atoms with Crippen molar-refractivity contribution in [3.63, 3.8) is 0 Å². The number of aromatic nitrogens is 1. The molecule has 1 atom stereocenters. The summed E-state index contributed by atoms with van der Waals surface area (Å²) in [5.41, 5.74) is -0.364. The van der Waals surface area contributed by atoms with E-state index in [2.05, 4.69) is 4.98 Å². The van der Waals surface area contributed by atoms with Crippen LogP contribution in [0.4, 0.5) is 8.78 Å². The van der Waals surface area contributed by atoms with Crippen molar-refractivity contribution in [2.45, 2.75) is 38.7 Å². The number of hydrogen-bond acceptors (Lipinski definition) is 2. The molecule has 1 N–H and O–H groups in total. The SMILES string of the molecule is Cc1[nH]cc(C(=O)N2CCCC[C@H]2C(F)F)c(=O)c1Cl. The average molecular weight is 305 g/mol. The van der Waals surface area contributed by atoms with Crippen molar-refractivity contribution >= 4 is 17.5 Å². The van der Waals surface area contributed by atoms with Crippen LogP contribution in [-0.2, 0) is 0 Å². The molecule has 4 nitrogen and oxygen atoms in total. The fourth-order valence-electron chi connectivity index (χ4n) is 2.38. The lowest BCUT2D eigenvalue weighted by molar-refractivity contribution is 0.00674. The highest BCUT2D eigenvalue weighted by Crippen LogP contribution is 2.24. The number of amides is 1. The van der Waals surface area contributed by atoms with Gasteiger partial charge in [0.1, 0.15) is 10.6 Å².